The number of hydrogen-bond donors (Lipinski definition) is 3. The molecule has 0 aliphatic carbocycles. The molecule has 0 bridgehead atoms. The third-order valence-corrected chi connectivity index (χ3v) is 4.28. The number of amides is 2. The molecule has 3 N–H and O–H groups in total. The highest BCUT2D eigenvalue weighted by Crippen LogP contribution is 2.16. The molecule has 8 heteroatoms. The number of carbonyl (C=O) groups is 2. The maximum Gasteiger partial charge on any atom is 0.270 e. The summed E-state index contributed by atoms with van der Waals surface area (Å²) in [5.74, 6) is -0.496. The first-order chi connectivity index (χ1) is 11.5. The number of pyridine rings is 1. The Labute approximate surface area is 143 Å². The largest absolute Gasteiger partial charge is 0.356 e. The topological polar surface area (TPSA) is 98.1 Å². The lowest BCUT2D eigenvalue weighted by atomic mass is 10.0. The first kappa shape index (κ1) is 16.3. The van der Waals surface area contributed by atoms with Gasteiger partial charge in [-0.1, -0.05) is 11.6 Å². The molecule has 126 valence electrons. The number of aromatic amines is 2. The molecule has 0 radical (unpaired) electrons. The number of piperidine rings is 1. The van der Waals surface area contributed by atoms with E-state index in [1.54, 1.807) is 23.2 Å². The van der Waals surface area contributed by atoms with E-state index in [1.807, 2.05) is 0 Å². The number of aromatic nitrogens is 2. The van der Waals surface area contributed by atoms with E-state index >= 15 is 0 Å². The van der Waals surface area contributed by atoms with Crippen LogP contribution in [-0.2, 0) is 0 Å². The number of halogens is 1. The molecule has 2 amide bonds. The predicted octanol–water partition coefficient (Wildman–Crippen LogP) is 1.39. The van der Waals surface area contributed by atoms with E-state index in [4.69, 9.17) is 11.6 Å². The Hall–Kier alpha value is -2.54. The Morgan fingerprint density at radius 3 is 2.62 bits per heavy atom. The van der Waals surface area contributed by atoms with Crippen molar-refractivity contribution in [2.45, 2.75) is 18.9 Å². The lowest BCUT2D eigenvalue weighted by Gasteiger charge is -2.32. The number of nitrogens with one attached hydrogen (secondary N) is 3. The van der Waals surface area contributed by atoms with Crippen LogP contribution in [0.3, 0.4) is 0 Å². The number of likely N-dealkylation sites (tertiary alicyclic amines) is 1. The van der Waals surface area contributed by atoms with Crippen LogP contribution < -0.4 is 10.9 Å². The first-order valence-electron chi connectivity index (χ1n) is 7.66. The Bertz CT molecular complexity index is 805. The maximum atomic E-state index is 12.3. The van der Waals surface area contributed by atoms with Gasteiger partial charge in [0.1, 0.15) is 11.3 Å². The molecule has 24 heavy (non-hydrogen) atoms. The molecule has 0 aromatic carbocycles. The van der Waals surface area contributed by atoms with Crippen molar-refractivity contribution in [3.8, 4) is 0 Å². The highest BCUT2D eigenvalue weighted by Gasteiger charge is 2.26. The molecule has 0 unspecified atom stereocenters. The smallest absolute Gasteiger partial charge is 0.270 e. The van der Waals surface area contributed by atoms with Gasteiger partial charge >= 0.3 is 0 Å². The van der Waals surface area contributed by atoms with Crippen molar-refractivity contribution in [1.29, 1.82) is 0 Å². The molecule has 1 aliphatic rings. The van der Waals surface area contributed by atoms with Gasteiger partial charge in [-0.05, 0) is 31.0 Å². The number of rotatable bonds is 3. The highest BCUT2D eigenvalue weighted by molar-refractivity contribution is 6.30. The Balaban J connectivity index is 1.56. The van der Waals surface area contributed by atoms with Gasteiger partial charge in [-0.25, -0.2) is 0 Å². The van der Waals surface area contributed by atoms with Crippen molar-refractivity contribution in [2.24, 2.45) is 0 Å². The lowest BCUT2D eigenvalue weighted by Crippen LogP contribution is -2.47. The second-order valence-corrected chi connectivity index (χ2v) is 6.12. The van der Waals surface area contributed by atoms with Gasteiger partial charge in [-0.3, -0.25) is 14.4 Å². The number of hydrogen-bond acceptors (Lipinski definition) is 3. The van der Waals surface area contributed by atoms with E-state index in [-0.39, 0.29) is 17.5 Å². The van der Waals surface area contributed by atoms with Crippen molar-refractivity contribution in [1.82, 2.24) is 20.2 Å². The second kappa shape index (κ2) is 6.92. The molecule has 1 saturated heterocycles. The molecule has 0 saturated carbocycles. The fourth-order valence-corrected chi connectivity index (χ4v) is 2.92. The minimum absolute atomic E-state index is 0.0617. The Morgan fingerprint density at radius 2 is 2.00 bits per heavy atom. The number of H-pyrrole nitrogens is 2. The minimum atomic E-state index is -0.411. The zero-order chi connectivity index (χ0) is 17.1. The van der Waals surface area contributed by atoms with Crippen LogP contribution >= 0.6 is 11.6 Å². The van der Waals surface area contributed by atoms with Crippen LogP contribution in [0.5, 0.6) is 0 Å². The number of nitrogens with zero attached hydrogens (tertiary/aromatic N) is 1. The molecule has 0 atom stereocenters. The van der Waals surface area contributed by atoms with Crippen LogP contribution in [0.25, 0.3) is 0 Å². The normalized spacial score (nSPS) is 15.3. The molecule has 1 fully saturated rings. The molecule has 0 spiro atoms. The summed E-state index contributed by atoms with van der Waals surface area (Å²) in [6.45, 7) is 1.07. The zero-order valence-electron chi connectivity index (χ0n) is 12.8. The lowest BCUT2D eigenvalue weighted by molar-refractivity contribution is 0.0693. The summed E-state index contributed by atoms with van der Waals surface area (Å²) in [4.78, 5) is 43.1. The van der Waals surface area contributed by atoms with Crippen molar-refractivity contribution in [3.63, 3.8) is 0 Å². The van der Waals surface area contributed by atoms with Gasteiger partial charge in [0.25, 0.3) is 17.4 Å². The fraction of sp³-hybridized carbons (Fsp3) is 0.312. The maximum absolute atomic E-state index is 12.3. The van der Waals surface area contributed by atoms with E-state index in [0.717, 1.165) is 0 Å². The molecule has 3 rings (SSSR count). The van der Waals surface area contributed by atoms with Gasteiger partial charge < -0.3 is 20.2 Å². The van der Waals surface area contributed by atoms with Crippen LogP contribution in [0.2, 0.25) is 5.02 Å². The van der Waals surface area contributed by atoms with Crippen LogP contribution in [-0.4, -0.2) is 45.8 Å². The number of carbonyl (C=O) groups excluding carboxylic acids is 2. The average molecular weight is 349 g/mol. The molecule has 1 aliphatic heterocycles. The van der Waals surface area contributed by atoms with Gasteiger partial charge in [-0.15, -0.1) is 0 Å². The third-order valence-electron chi connectivity index (χ3n) is 4.06. The van der Waals surface area contributed by atoms with Gasteiger partial charge in [0, 0.05) is 31.5 Å². The van der Waals surface area contributed by atoms with Crippen LogP contribution in [0, 0.1) is 0 Å². The van der Waals surface area contributed by atoms with E-state index in [1.165, 1.54) is 12.3 Å². The molecule has 2 aromatic heterocycles. The van der Waals surface area contributed by atoms with E-state index in [9.17, 15) is 14.4 Å². The monoisotopic (exact) mass is 348 g/mol. The average Bonchev–Trinajstić information content (AvgIpc) is 3.02. The Kier molecular flexibility index (Phi) is 4.71. The molecular weight excluding hydrogens is 332 g/mol. The summed E-state index contributed by atoms with van der Waals surface area (Å²) in [6, 6.07) is 4.63. The van der Waals surface area contributed by atoms with Crippen molar-refractivity contribution >= 4 is 23.4 Å². The zero-order valence-corrected chi connectivity index (χ0v) is 13.6. The van der Waals surface area contributed by atoms with E-state index < -0.39 is 11.5 Å². The summed E-state index contributed by atoms with van der Waals surface area (Å²) in [5.41, 5.74) is 0.140. The van der Waals surface area contributed by atoms with Crippen molar-refractivity contribution in [2.75, 3.05) is 13.1 Å². The fourth-order valence-electron chi connectivity index (χ4n) is 2.75. The van der Waals surface area contributed by atoms with Crippen molar-refractivity contribution in [3.05, 3.63) is 57.2 Å². The second-order valence-electron chi connectivity index (χ2n) is 5.68. The highest BCUT2D eigenvalue weighted by atomic mass is 35.5. The van der Waals surface area contributed by atoms with Gasteiger partial charge in [0.2, 0.25) is 0 Å². The SMILES string of the molecule is O=C(NC1CCN(C(=O)c2cc(Cl)c[nH]2)CC1)c1ccc[nH]c1=O. The molecular formula is C16H17ClN4O3. The standard InChI is InChI=1S/C16H17ClN4O3/c17-10-8-13(19-9-10)16(24)21-6-3-11(4-7-21)20-15(23)12-2-1-5-18-14(12)22/h1-2,5,8-9,11,19H,3-4,6-7H2,(H,18,22)(H,20,23). The first-order valence-corrected chi connectivity index (χ1v) is 8.04. The molecule has 3 heterocycles. The quantitative estimate of drug-likeness (QED) is 0.781. The van der Waals surface area contributed by atoms with Crippen molar-refractivity contribution < 1.29 is 9.59 Å². The van der Waals surface area contributed by atoms with Crippen LogP contribution in [0.15, 0.2) is 35.4 Å². The van der Waals surface area contributed by atoms with E-state index in [0.29, 0.717) is 36.6 Å². The third kappa shape index (κ3) is 3.51. The van der Waals surface area contributed by atoms with E-state index in [2.05, 4.69) is 15.3 Å². The summed E-state index contributed by atoms with van der Waals surface area (Å²) in [5, 5.41) is 3.35. The summed E-state index contributed by atoms with van der Waals surface area (Å²) < 4.78 is 0. The summed E-state index contributed by atoms with van der Waals surface area (Å²) >= 11 is 5.82. The minimum Gasteiger partial charge on any atom is -0.356 e. The molecule has 7 nitrogen and oxygen atoms in total. The summed E-state index contributed by atoms with van der Waals surface area (Å²) in [7, 11) is 0. The van der Waals surface area contributed by atoms with Gasteiger partial charge in [0.05, 0.1) is 5.02 Å². The van der Waals surface area contributed by atoms with Crippen LogP contribution in [0.1, 0.15) is 33.7 Å². The van der Waals surface area contributed by atoms with Gasteiger partial charge in [0.15, 0.2) is 0 Å². The predicted molar refractivity (Wildman–Crippen MR) is 89.3 cm³/mol. The van der Waals surface area contributed by atoms with Gasteiger partial charge in [-0.2, -0.15) is 0 Å². The summed E-state index contributed by atoms with van der Waals surface area (Å²) in [6.07, 6.45) is 4.32. The van der Waals surface area contributed by atoms with Crippen LogP contribution in [0.4, 0.5) is 0 Å². The molecule has 2 aromatic rings. The Morgan fingerprint density at radius 1 is 1.25 bits per heavy atom.